The van der Waals surface area contributed by atoms with Gasteiger partial charge in [-0.15, -0.1) is 0 Å². The zero-order valence-electron chi connectivity index (χ0n) is 11.7. The average Bonchev–Trinajstić information content (AvgIpc) is 2.42. The molecule has 2 aromatic rings. The number of aryl methyl sites for hydroxylation is 1. The smallest absolute Gasteiger partial charge is 0.283 e. The highest BCUT2D eigenvalue weighted by Crippen LogP contribution is 2.38. The van der Waals surface area contributed by atoms with Gasteiger partial charge < -0.3 is 5.73 Å². The Morgan fingerprint density at radius 1 is 1.29 bits per heavy atom. The molecule has 2 rings (SSSR count). The zero-order valence-corrected chi connectivity index (χ0v) is 12.5. The first-order valence-corrected chi connectivity index (χ1v) is 7.18. The Morgan fingerprint density at radius 3 is 2.57 bits per heavy atom. The highest BCUT2D eigenvalue weighted by atomic mass is 32.2. The fourth-order valence-corrected chi connectivity index (χ4v) is 3.16. The third kappa shape index (κ3) is 3.40. The van der Waals surface area contributed by atoms with Crippen molar-refractivity contribution in [1.82, 2.24) is 0 Å². The molecule has 2 N–H and O–H groups in total. The standard InChI is InChI=1S/C15H15FN2O2S/c1-9-7-15(11(10(2)17)8-12(9)16)21-14-6-4-3-5-13(14)18(19)20/h3-8,10H,17H2,1-2H3/t10-/m0/s1. The molecular formula is C15H15FN2O2S. The Balaban J connectivity index is 2.49. The lowest BCUT2D eigenvalue weighted by Gasteiger charge is -2.14. The van der Waals surface area contributed by atoms with Crippen LogP contribution in [0.2, 0.25) is 0 Å². The van der Waals surface area contributed by atoms with Gasteiger partial charge in [-0.2, -0.15) is 0 Å². The predicted octanol–water partition coefficient (Wildman–Crippen LogP) is 4.21. The second-order valence-corrected chi connectivity index (χ2v) is 5.84. The fraction of sp³-hybridized carbons (Fsp3) is 0.200. The minimum atomic E-state index is -0.426. The Labute approximate surface area is 126 Å². The van der Waals surface area contributed by atoms with Crippen LogP contribution in [0.15, 0.2) is 46.2 Å². The van der Waals surface area contributed by atoms with E-state index in [1.165, 1.54) is 23.9 Å². The van der Waals surface area contributed by atoms with Crippen molar-refractivity contribution >= 4 is 17.4 Å². The summed E-state index contributed by atoms with van der Waals surface area (Å²) in [6, 6.07) is 9.19. The number of nitro groups is 1. The number of benzene rings is 2. The van der Waals surface area contributed by atoms with Crippen molar-refractivity contribution < 1.29 is 9.31 Å². The van der Waals surface area contributed by atoms with E-state index in [9.17, 15) is 14.5 Å². The topological polar surface area (TPSA) is 69.2 Å². The summed E-state index contributed by atoms with van der Waals surface area (Å²) in [7, 11) is 0. The Kier molecular flexibility index (Phi) is 4.59. The van der Waals surface area contributed by atoms with E-state index in [-0.39, 0.29) is 17.5 Å². The van der Waals surface area contributed by atoms with E-state index in [2.05, 4.69) is 0 Å². The van der Waals surface area contributed by atoms with Crippen molar-refractivity contribution in [3.63, 3.8) is 0 Å². The summed E-state index contributed by atoms with van der Waals surface area (Å²) >= 11 is 1.23. The van der Waals surface area contributed by atoms with E-state index in [0.717, 1.165) is 4.90 Å². The Bertz CT molecular complexity index is 689. The van der Waals surface area contributed by atoms with Crippen LogP contribution in [-0.4, -0.2) is 4.92 Å². The summed E-state index contributed by atoms with van der Waals surface area (Å²) in [6.07, 6.45) is 0. The molecular weight excluding hydrogens is 291 g/mol. The molecule has 0 aromatic heterocycles. The number of halogens is 1. The van der Waals surface area contributed by atoms with Crippen molar-refractivity contribution in [2.45, 2.75) is 29.7 Å². The van der Waals surface area contributed by atoms with Gasteiger partial charge >= 0.3 is 0 Å². The molecule has 0 aliphatic carbocycles. The molecule has 0 fully saturated rings. The van der Waals surface area contributed by atoms with Crippen LogP contribution in [0.25, 0.3) is 0 Å². The molecule has 21 heavy (non-hydrogen) atoms. The lowest BCUT2D eigenvalue weighted by atomic mass is 10.1. The molecule has 1 atom stereocenters. The van der Waals surface area contributed by atoms with Gasteiger partial charge in [-0.3, -0.25) is 10.1 Å². The number of nitrogens with two attached hydrogens (primary N) is 1. The quantitative estimate of drug-likeness (QED) is 0.678. The van der Waals surface area contributed by atoms with E-state index in [1.54, 1.807) is 38.1 Å². The van der Waals surface area contributed by atoms with Crippen LogP contribution in [0.3, 0.4) is 0 Å². The van der Waals surface area contributed by atoms with Crippen LogP contribution in [0.4, 0.5) is 10.1 Å². The lowest BCUT2D eigenvalue weighted by molar-refractivity contribution is -0.387. The summed E-state index contributed by atoms with van der Waals surface area (Å²) in [6.45, 7) is 3.41. The molecule has 4 nitrogen and oxygen atoms in total. The molecule has 0 saturated heterocycles. The normalized spacial score (nSPS) is 12.2. The minimum Gasteiger partial charge on any atom is -0.324 e. The molecule has 0 spiro atoms. The van der Waals surface area contributed by atoms with Gasteiger partial charge in [0.05, 0.1) is 9.82 Å². The molecule has 0 bridgehead atoms. The highest BCUT2D eigenvalue weighted by molar-refractivity contribution is 7.99. The van der Waals surface area contributed by atoms with Gasteiger partial charge in [0.15, 0.2) is 0 Å². The maximum absolute atomic E-state index is 13.7. The molecule has 110 valence electrons. The van der Waals surface area contributed by atoms with Gasteiger partial charge in [-0.05, 0) is 43.2 Å². The molecule has 6 heteroatoms. The largest absolute Gasteiger partial charge is 0.324 e. The van der Waals surface area contributed by atoms with Crippen molar-refractivity contribution in [2.24, 2.45) is 5.73 Å². The SMILES string of the molecule is Cc1cc(Sc2ccccc2[N+](=O)[O-])c([C@H](C)N)cc1F. The molecule has 0 saturated carbocycles. The maximum Gasteiger partial charge on any atom is 0.283 e. The predicted molar refractivity (Wildman–Crippen MR) is 81.0 cm³/mol. The van der Waals surface area contributed by atoms with Crippen LogP contribution < -0.4 is 5.73 Å². The third-order valence-electron chi connectivity index (χ3n) is 3.06. The van der Waals surface area contributed by atoms with Gasteiger partial charge in [-0.25, -0.2) is 4.39 Å². The van der Waals surface area contributed by atoms with E-state index in [4.69, 9.17) is 5.73 Å². The van der Waals surface area contributed by atoms with Gasteiger partial charge in [0.1, 0.15) is 5.82 Å². The van der Waals surface area contributed by atoms with Gasteiger partial charge in [-0.1, -0.05) is 23.9 Å². The van der Waals surface area contributed by atoms with Crippen molar-refractivity contribution in [2.75, 3.05) is 0 Å². The molecule has 0 aliphatic heterocycles. The monoisotopic (exact) mass is 306 g/mol. The molecule has 2 aromatic carbocycles. The van der Waals surface area contributed by atoms with E-state index < -0.39 is 4.92 Å². The first-order valence-electron chi connectivity index (χ1n) is 6.37. The number of nitrogens with zero attached hydrogens (tertiary/aromatic N) is 1. The van der Waals surface area contributed by atoms with Crippen LogP contribution >= 0.6 is 11.8 Å². The molecule has 0 unspecified atom stereocenters. The summed E-state index contributed by atoms with van der Waals surface area (Å²) in [5, 5.41) is 11.1. The van der Waals surface area contributed by atoms with Gasteiger partial charge in [0, 0.05) is 17.0 Å². The van der Waals surface area contributed by atoms with Crippen LogP contribution in [-0.2, 0) is 0 Å². The van der Waals surface area contributed by atoms with E-state index in [1.807, 2.05) is 0 Å². The average molecular weight is 306 g/mol. The van der Waals surface area contributed by atoms with E-state index in [0.29, 0.717) is 16.0 Å². The number of hydrogen-bond donors (Lipinski definition) is 1. The first kappa shape index (κ1) is 15.5. The maximum atomic E-state index is 13.7. The summed E-state index contributed by atoms with van der Waals surface area (Å²) < 4.78 is 13.7. The Morgan fingerprint density at radius 2 is 1.95 bits per heavy atom. The molecule has 0 amide bonds. The summed E-state index contributed by atoms with van der Waals surface area (Å²) in [5.41, 5.74) is 7.03. The highest BCUT2D eigenvalue weighted by Gasteiger charge is 2.17. The van der Waals surface area contributed by atoms with Crippen LogP contribution in [0.1, 0.15) is 24.1 Å². The number of nitro benzene ring substituents is 1. The molecule has 0 heterocycles. The molecule has 0 radical (unpaired) electrons. The van der Waals surface area contributed by atoms with Crippen molar-refractivity contribution in [3.8, 4) is 0 Å². The second-order valence-electron chi connectivity index (χ2n) is 4.75. The third-order valence-corrected chi connectivity index (χ3v) is 4.20. The van der Waals surface area contributed by atoms with Gasteiger partial charge in [0.2, 0.25) is 0 Å². The van der Waals surface area contributed by atoms with Gasteiger partial charge in [0.25, 0.3) is 5.69 Å². The Hall–Kier alpha value is -1.92. The number of hydrogen-bond acceptors (Lipinski definition) is 4. The van der Waals surface area contributed by atoms with Crippen molar-refractivity contribution in [3.05, 3.63) is 63.5 Å². The lowest BCUT2D eigenvalue weighted by Crippen LogP contribution is -2.07. The zero-order chi connectivity index (χ0) is 15.6. The van der Waals surface area contributed by atoms with Crippen molar-refractivity contribution in [1.29, 1.82) is 0 Å². The molecule has 0 aliphatic rings. The summed E-state index contributed by atoms with van der Waals surface area (Å²) in [4.78, 5) is 11.9. The number of para-hydroxylation sites is 1. The van der Waals surface area contributed by atoms with E-state index >= 15 is 0 Å². The van der Waals surface area contributed by atoms with Crippen LogP contribution in [0.5, 0.6) is 0 Å². The fourth-order valence-electron chi connectivity index (χ4n) is 1.93. The second kappa shape index (κ2) is 6.24. The minimum absolute atomic E-state index is 0.0279. The summed E-state index contributed by atoms with van der Waals surface area (Å²) in [5.74, 6) is -0.325. The number of rotatable bonds is 4. The van der Waals surface area contributed by atoms with Crippen LogP contribution in [0, 0.1) is 22.9 Å². The first-order chi connectivity index (χ1) is 9.90.